The molecule has 2 N–H and O–H groups in total. The van der Waals surface area contributed by atoms with Crippen molar-refractivity contribution in [2.24, 2.45) is 34.5 Å². The average Bonchev–Trinajstić information content (AvgIpc) is 3.41. The fourth-order valence-corrected chi connectivity index (χ4v) is 9.24. The van der Waals surface area contributed by atoms with Gasteiger partial charge in [0.2, 0.25) is 0 Å². The van der Waals surface area contributed by atoms with Gasteiger partial charge in [0, 0.05) is 6.42 Å². The summed E-state index contributed by atoms with van der Waals surface area (Å²) in [7, 11) is 0. The van der Waals surface area contributed by atoms with E-state index in [-0.39, 0.29) is 41.9 Å². The summed E-state index contributed by atoms with van der Waals surface area (Å²) >= 11 is 0. The van der Waals surface area contributed by atoms with Crippen LogP contribution in [0.4, 0.5) is 0 Å². The Kier molecular flexibility index (Phi) is 4.68. The number of fused-ring (bicyclic) bond motifs is 4. The Labute approximate surface area is 195 Å². The van der Waals surface area contributed by atoms with Gasteiger partial charge >= 0.3 is 5.97 Å². The van der Waals surface area contributed by atoms with E-state index < -0.39 is 17.1 Å². The molecule has 10 atom stereocenters. The maximum Gasteiger partial charge on any atom is 0.336 e. The fourth-order valence-electron chi connectivity index (χ4n) is 9.24. The van der Waals surface area contributed by atoms with Gasteiger partial charge in [0.25, 0.3) is 0 Å². The van der Waals surface area contributed by atoms with Gasteiger partial charge in [-0.3, -0.25) is 4.79 Å². The molecule has 6 aliphatic rings. The van der Waals surface area contributed by atoms with Gasteiger partial charge in [0.15, 0.2) is 5.78 Å². The lowest BCUT2D eigenvalue weighted by Gasteiger charge is -2.57. The molecular weight excluding hydrogens is 420 g/mol. The molecule has 6 nitrogen and oxygen atoms in total. The van der Waals surface area contributed by atoms with Crippen molar-refractivity contribution in [1.82, 2.24) is 0 Å². The van der Waals surface area contributed by atoms with Crippen molar-refractivity contribution in [3.63, 3.8) is 0 Å². The highest BCUT2D eigenvalue weighted by molar-refractivity contribution is 5.98. The van der Waals surface area contributed by atoms with Crippen LogP contribution < -0.4 is 0 Å². The van der Waals surface area contributed by atoms with E-state index in [9.17, 15) is 19.8 Å². The van der Waals surface area contributed by atoms with Crippen molar-refractivity contribution in [2.45, 2.75) is 89.6 Å². The van der Waals surface area contributed by atoms with Crippen LogP contribution in [0.25, 0.3) is 0 Å². The zero-order valence-corrected chi connectivity index (χ0v) is 19.9. The van der Waals surface area contributed by atoms with E-state index >= 15 is 0 Å². The smallest absolute Gasteiger partial charge is 0.336 e. The maximum atomic E-state index is 13.2. The normalized spacial score (nSPS) is 52.6. The van der Waals surface area contributed by atoms with Crippen molar-refractivity contribution < 1.29 is 29.3 Å². The molecule has 1 spiro atoms. The van der Waals surface area contributed by atoms with E-state index in [1.54, 1.807) is 12.2 Å². The minimum Gasteiger partial charge on any atom is -0.459 e. The van der Waals surface area contributed by atoms with Crippen molar-refractivity contribution in [3.05, 3.63) is 23.3 Å². The van der Waals surface area contributed by atoms with Crippen LogP contribution in [0.2, 0.25) is 0 Å². The molecule has 2 heterocycles. The molecule has 4 fully saturated rings. The Bertz CT molecular complexity index is 968. The van der Waals surface area contributed by atoms with Gasteiger partial charge in [0.1, 0.15) is 17.8 Å². The van der Waals surface area contributed by atoms with E-state index in [0.29, 0.717) is 29.7 Å². The summed E-state index contributed by atoms with van der Waals surface area (Å²) < 4.78 is 11.9. The van der Waals surface area contributed by atoms with E-state index in [0.717, 1.165) is 44.1 Å². The van der Waals surface area contributed by atoms with Crippen LogP contribution >= 0.6 is 0 Å². The molecule has 0 aromatic heterocycles. The first-order valence-electron chi connectivity index (χ1n) is 12.8. The summed E-state index contributed by atoms with van der Waals surface area (Å²) in [6.07, 6.45) is 9.20. The number of carbonyl (C=O) groups is 2. The monoisotopic (exact) mass is 456 g/mol. The molecule has 6 rings (SSSR count). The first-order valence-corrected chi connectivity index (χ1v) is 12.8. The Morgan fingerprint density at radius 1 is 1.15 bits per heavy atom. The lowest BCUT2D eigenvalue weighted by Crippen LogP contribution is -2.63. The molecule has 0 aromatic carbocycles. The molecular formula is C27H36O6. The second-order valence-electron chi connectivity index (χ2n) is 12.1. The van der Waals surface area contributed by atoms with E-state index in [4.69, 9.17) is 9.47 Å². The third-order valence-electron chi connectivity index (χ3n) is 11.1. The minimum absolute atomic E-state index is 0.0296. The summed E-state index contributed by atoms with van der Waals surface area (Å²) in [6.45, 7) is 6.16. The zero-order chi connectivity index (χ0) is 23.3. The summed E-state index contributed by atoms with van der Waals surface area (Å²) in [5, 5.41) is 20.3. The second kappa shape index (κ2) is 7.02. The number of aliphatic hydroxyl groups excluding tert-OH is 2. The molecule has 1 saturated heterocycles. The van der Waals surface area contributed by atoms with Gasteiger partial charge in [-0.25, -0.2) is 4.79 Å². The van der Waals surface area contributed by atoms with Crippen molar-refractivity contribution in [1.29, 1.82) is 0 Å². The molecule has 33 heavy (non-hydrogen) atoms. The quantitative estimate of drug-likeness (QED) is 0.500. The molecule has 180 valence electrons. The highest BCUT2D eigenvalue weighted by atomic mass is 16.6. The predicted molar refractivity (Wildman–Crippen MR) is 120 cm³/mol. The van der Waals surface area contributed by atoms with Crippen LogP contribution in [0.15, 0.2) is 23.3 Å². The third kappa shape index (κ3) is 2.66. The number of esters is 1. The van der Waals surface area contributed by atoms with E-state index in [1.165, 1.54) is 0 Å². The van der Waals surface area contributed by atoms with Gasteiger partial charge in [-0.2, -0.15) is 0 Å². The van der Waals surface area contributed by atoms with Crippen LogP contribution in [0.3, 0.4) is 0 Å². The third-order valence-corrected chi connectivity index (χ3v) is 11.1. The summed E-state index contributed by atoms with van der Waals surface area (Å²) in [4.78, 5) is 25.6. The lowest BCUT2D eigenvalue weighted by molar-refractivity contribution is -0.152. The molecule has 0 radical (unpaired) electrons. The average molecular weight is 457 g/mol. The molecule has 6 heteroatoms. The topological polar surface area (TPSA) is 96.4 Å². The SMILES string of the molecule is CC1=C(CO)C(=O)OC(CC2CCC3[C@@H]4C[C@H]5O[C@]56[C@@H](O)C=CC(=O)[C@]6(C)C4CC[C@]23C)C1. The highest BCUT2D eigenvalue weighted by Gasteiger charge is 2.80. The maximum absolute atomic E-state index is 13.2. The number of aliphatic hydroxyl groups is 2. The Morgan fingerprint density at radius 2 is 1.94 bits per heavy atom. The van der Waals surface area contributed by atoms with Crippen LogP contribution in [-0.4, -0.2) is 52.5 Å². The molecule has 0 aromatic rings. The van der Waals surface area contributed by atoms with E-state index in [1.807, 2.05) is 6.92 Å². The standard InChI is InChI=1S/C27H36O6/c1-14-10-16(32-24(31)18(14)13-28)11-15-4-5-19-17-12-23-27(33-23)22(30)7-6-21(29)26(27,3)20(17)8-9-25(15,19)2/h6-7,15-17,19-20,22-23,28,30H,4-5,8-13H2,1-3H3/t15?,16?,17-,19?,20?,22-,23+,25+,26-,27+/m0/s1. The Hall–Kier alpha value is -1.50. The number of cyclic esters (lactones) is 1. The molecule has 0 amide bonds. The lowest BCUT2D eigenvalue weighted by atomic mass is 9.44. The molecule has 0 bridgehead atoms. The highest BCUT2D eigenvalue weighted by Crippen LogP contribution is 2.72. The Balaban J connectivity index is 1.24. The predicted octanol–water partition coefficient (Wildman–Crippen LogP) is 3.11. The number of hydrogen-bond acceptors (Lipinski definition) is 6. The van der Waals surface area contributed by atoms with Crippen molar-refractivity contribution in [3.8, 4) is 0 Å². The molecule has 4 aliphatic carbocycles. The van der Waals surface area contributed by atoms with Gasteiger partial charge < -0.3 is 19.7 Å². The minimum atomic E-state index is -0.712. The summed E-state index contributed by atoms with van der Waals surface area (Å²) in [5.41, 5.74) is 0.178. The summed E-state index contributed by atoms with van der Waals surface area (Å²) in [6, 6.07) is 0. The van der Waals surface area contributed by atoms with E-state index in [2.05, 4.69) is 13.8 Å². The fraction of sp³-hybridized carbons (Fsp3) is 0.778. The first kappa shape index (κ1) is 22.0. The zero-order valence-electron chi connectivity index (χ0n) is 19.9. The van der Waals surface area contributed by atoms with Gasteiger partial charge in [-0.05, 0) is 93.6 Å². The van der Waals surface area contributed by atoms with Gasteiger partial charge in [-0.15, -0.1) is 0 Å². The number of carbonyl (C=O) groups excluding carboxylic acids is 2. The van der Waals surface area contributed by atoms with Crippen LogP contribution in [-0.2, 0) is 19.1 Å². The molecule has 3 saturated carbocycles. The largest absolute Gasteiger partial charge is 0.459 e. The molecule has 2 aliphatic heterocycles. The number of epoxide rings is 1. The van der Waals surface area contributed by atoms with Crippen molar-refractivity contribution >= 4 is 11.8 Å². The number of ether oxygens (including phenoxy) is 2. The first-order chi connectivity index (χ1) is 15.7. The number of ketones is 1. The van der Waals surface area contributed by atoms with Crippen LogP contribution in [0, 0.1) is 34.5 Å². The Morgan fingerprint density at radius 3 is 2.67 bits per heavy atom. The number of allylic oxidation sites excluding steroid dienone is 1. The number of rotatable bonds is 3. The van der Waals surface area contributed by atoms with Crippen LogP contribution in [0.5, 0.6) is 0 Å². The van der Waals surface area contributed by atoms with Crippen molar-refractivity contribution in [2.75, 3.05) is 6.61 Å². The van der Waals surface area contributed by atoms with Crippen LogP contribution in [0.1, 0.15) is 65.7 Å². The second-order valence-corrected chi connectivity index (χ2v) is 12.1. The van der Waals surface area contributed by atoms with Gasteiger partial charge in [0.05, 0.1) is 23.7 Å². The number of hydrogen-bond donors (Lipinski definition) is 2. The van der Waals surface area contributed by atoms with Gasteiger partial charge in [-0.1, -0.05) is 12.5 Å². The molecule has 4 unspecified atom stereocenters. The summed E-state index contributed by atoms with van der Waals surface area (Å²) in [5.74, 6) is 1.44.